The fourth-order valence-corrected chi connectivity index (χ4v) is 3.48. The fraction of sp³-hybridized carbons (Fsp3) is 0.235. The van der Waals surface area contributed by atoms with Crippen molar-refractivity contribution in [2.75, 3.05) is 11.9 Å². The van der Waals surface area contributed by atoms with Gasteiger partial charge in [0.05, 0.1) is 14.9 Å². The molecule has 6 nitrogen and oxygen atoms in total. The molecule has 0 radical (unpaired) electrons. The maximum Gasteiger partial charge on any atom is 0.319 e. The van der Waals surface area contributed by atoms with Crippen molar-refractivity contribution in [1.29, 1.82) is 0 Å². The van der Waals surface area contributed by atoms with Gasteiger partial charge >= 0.3 is 6.03 Å². The van der Waals surface area contributed by atoms with E-state index in [9.17, 15) is 13.2 Å². The zero-order valence-electron chi connectivity index (χ0n) is 14.2. The first-order valence-corrected chi connectivity index (χ1v) is 10.00. The molecule has 0 spiro atoms. The number of hydrogen-bond acceptors (Lipinski definition) is 3. The number of nitrogens with one attached hydrogen (secondary N) is 3. The van der Waals surface area contributed by atoms with Gasteiger partial charge < -0.3 is 10.6 Å². The minimum absolute atomic E-state index is 0.0466. The summed E-state index contributed by atoms with van der Waals surface area (Å²) in [6, 6.07) is 10.3. The Bertz CT molecular complexity index is 887. The van der Waals surface area contributed by atoms with E-state index in [1.54, 1.807) is 31.2 Å². The van der Waals surface area contributed by atoms with E-state index in [0.29, 0.717) is 15.7 Å². The Hall–Kier alpha value is -1.80. The zero-order valence-corrected chi connectivity index (χ0v) is 16.5. The Balaban J connectivity index is 1.87. The predicted molar refractivity (Wildman–Crippen MR) is 104 cm³/mol. The summed E-state index contributed by atoms with van der Waals surface area (Å²) < 4.78 is 26.9. The molecule has 0 aromatic heterocycles. The molecule has 0 fully saturated rings. The molecule has 0 bridgehead atoms. The SMILES string of the molecule is Cc1ccc(S(=O)(=O)NCC(C)NC(=O)Nc2ccc(Cl)c(Cl)c2)cc1. The maximum atomic E-state index is 12.2. The van der Waals surface area contributed by atoms with Crippen LogP contribution in [0.2, 0.25) is 10.0 Å². The van der Waals surface area contributed by atoms with Gasteiger partial charge in [0.2, 0.25) is 10.0 Å². The number of urea groups is 1. The van der Waals surface area contributed by atoms with Gasteiger partial charge in [0.1, 0.15) is 0 Å². The van der Waals surface area contributed by atoms with Gasteiger partial charge in [-0.05, 0) is 44.2 Å². The highest BCUT2D eigenvalue weighted by atomic mass is 35.5. The van der Waals surface area contributed by atoms with Crippen molar-refractivity contribution >= 4 is 44.9 Å². The molecule has 0 heterocycles. The number of benzene rings is 2. The number of sulfonamides is 1. The predicted octanol–water partition coefficient (Wildman–Crippen LogP) is 3.79. The minimum atomic E-state index is -3.63. The highest BCUT2D eigenvalue weighted by Gasteiger charge is 2.16. The number of anilines is 1. The molecule has 2 aromatic rings. The van der Waals surface area contributed by atoms with E-state index in [1.807, 2.05) is 6.92 Å². The summed E-state index contributed by atoms with van der Waals surface area (Å²) >= 11 is 11.7. The van der Waals surface area contributed by atoms with Crippen LogP contribution in [-0.4, -0.2) is 27.0 Å². The summed E-state index contributed by atoms with van der Waals surface area (Å²) in [7, 11) is -3.63. The zero-order chi connectivity index (χ0) is 19.3. The molecule has 9 heteroatoms. The van der Waals surface area contributed by atoms with E-state index in [2.05, 4.69) is 15.4 Å². The lowest BCUT2D eigenvalue weighted by Crippen LogP contribution is -2.43. The molecule has 26 heavy (non-hydrogen) atoms. The molecular formula is C17H19Cl2N3O3S. The summed E-state index contributed by atoms with van der Waals surface area (Å²) in [5, 5.41) is 5.96. The average molecular weight is 416 g/mol. The Morgan fingerprint density at radius 3 is 2.35 bits per heavy atom. The largest absolute Gasteiger partial charge is 0.334 e. The van der Waals surface area contributed by atoms with Crippen LogP contribution in [-0.2, 0) is 10.0 Å². The van der Waals surface area contributed by atoms with Crippen molar-refractivity contribution in [2.24, 2.45) is 0 Å². The number of carbonyl (C=O) groups excluding carboxylic acids is 1. The third-order valence-corrected chi connectivity index (χ3v) is 5.64. The van der Waals surface area contributed by atoms with Crippen LogP contribution < -0.4 is 15.4 Å². The van der Waals surface area contributed by atoms with Crippen molar-refractivity contribution in [3.8, 4) is 0 Å². The molecule has 2 aromatic carbocycles. The quantitative estimate of drug-likeness (QED) is 0.670. The third kappa shape index (κ3) is 5.88. The van der Waals surface area contributed by atoms with Crippen LogP contribution >= 0.6 is 23.2 Å². The number of hydrogen-bond donors (Lipinski definition) is 3. The number of amides is 2. The summed E-state index contributed by atoms with van der Waals surface area (Å²) in [5.41, 5.74) is 1.45. The van der Waals surface area contributed by atoms with Crippen LogP contribution in [0.15, 0.2) is 47.4 Å². The maximum absolute atomic E-state index is 12.2. The van der Waals surface area contributed by atoms with Crippen molar-refractivity contribution in [3.05, 3.63) is 58.1 Å². The van der Waals surface area contributed by atoms with E-state index in [0.717, 1.165) is 5.56 Å². The van der Waals surface area contributed by atoms with Gasteiger partial charge in [-0.15, -0.1) is 0 Å². The Kier molecular flexibility index (Phi) is 6.88. The van der Waals surface area contributed by atoms with E-state index in [1.165, 1.54) is 18.2 Å². The second kappa shape index (κ2) is 8.73. The van der Waals surface area contributed by atoms with Crippen molar-refractivity contribution in [3.63, 3.8) is 0 Å². The van der Waals surface area contributed by atoms with Crippen LogP contribution in [0.4, 0.5) is 10.5 Å². The molecular weight excluding hydrogens is 397 g/mol. The first-order valence-electron chi connectivity index (χ1n) is 7.76. The number of halogens is 2. The smallest absolute Gasteiger partial charge is 0.319 e. The van der Waals surface area contributed by atoms with Crippen LogP contribution in [0.25, 0.3) is 0 Å². The molecule has 2 amide bonds. The van der Waals surface area contributed by atoms with Crippen LogP contribution in [0.3, 0.4) is 0 Å². The summed E-state index contributed by atoms with van der Waals surface area (Å²) in [4.78, 5) is 12.2. The molecule has 1 atom stereocenters. The standard InChI is InChI=1S/C17H19Cl2N3O3S/c1-11-3-6-14(7-4-11)26(24,25)20-10-12(2)21-17(23)22-13-5-8-15(18)16(19)9-13/h3-9,12,20H,10H2,1-2H3,(H2,21,22,23). The normalized spacial score (nSPS) is 12.5. The first kappa shape index (κ1) is 20.5. The Morgan fingerprint density at radius 1 is 1.08 bits per heavy atom. The van der Waals surface area contributed by atoms with Gasteiger partial charge in [-0.1, -0.05) is 40.9 Å². The van der Waals surface area contributed by atoms with Gasteiger partial charge in [-0.2, -0.15) is 0 Å². The highest BCUT2D eigenvalue weighted by molar-refractivity contribution is 7.89. The third-order valence-electron chi connectivity index (χ3n) is 3.47. The van der Waals surface area contributed by atoms with Gasteiger partial charge in [0.25, 0.3) is 0 Å². The first-order chi connectivity index (χ1) is 12.2. The van der Waals surface area contributed by atoms with E-state index < -0.39 is 22.1 Å². The number of rotatable bonds is 6. The summed E-state index contributed by atoms with van der Waals surface area (Å²) in [6.45, 7) is 3.61. The lowest BCUT2D eigenvalue weighted by molar-refractivity contribution is 0.249. The van der Waals surface area contributed by atoms with Gasteiger partial charge in [0, 0.05) is 18.3 Å². The van der Waals surface area contributed by atoms with E-state index in [4.69, 9.17) is 23.2 Å². The van der Waals surface area contributed by atoms with Crippen LogP contribution in [0.5, 0.6) is 0 Å². The molecule has 3 N–H and O–H groups in total. The molecule has 140 valence electrons. The lowest BCUT2D eigenvalue weighted by Gasteiger charge is -2.16. The summed E-state index contributed by atoms with van der Waals surface area (Å²) in [5.74, 6) is 0. The second-order valence-electron chi connectivity index (χ2n) is 5.79. The molecule has 1 unspecified atom stereocenters. The van der Waals surface area contributed by atoms with Crippen LogP contribution in [0.1, 0.15) is 12.5 Å². The fourth-order valence-electron chi connectivity index (χ4n) is 2.05. The Labute approximate surface area is 162 Å². The average Bonchev–Trinajstić information content (AvgIpc) is 2.57. The molecule has 0 saturated carbocycles. The minimum Gasteiger partial charge on any atom is -0.334 e. The van der Waals surface area contributed by atoms with Crippen molar-refractivity contribution in [1.82, 2.24) is 10.0 Å². The van der Waals surface area contributed by atoms with Gasteiger partial charge in [-0.3, -0.25) is 0 Å². The highest BCUT2D eigenvalue weighted by Crippen LogP contribution is 2.24. The molecule has 0 aliphatic rings. The number of carbonyl (C=O) groups is 1. The van der Waals surface area contributed by atoms with Crippen molar-refractivity contribution < 1.29 is 13.2 Å². The number of aryl methyl sites for hydroxylation is 1. The topological polar surface area (TPSA) is 87.3 Å². The Morgan fingerprint density at radius 2 is 1.73 bits per heavy atom. The van der Waals surface area contributed by atoms with E-state index >= 15 is 0 Å². The van der Waals surface area contributed by atoms with Gasteiger partial charge in [0.15, 0.2) is 0 Å². The monoisotopic (exact) mass is 415 g/mol. The lowest BCUT2D eigenvalue weighted by atomic mass is 10.2. The molecule has 2 rings (SSSR count). The van der Waals surface area contributed by atoms with E-state index in [-0.39, 0.29) is 11.4 Å². The second-order valence-corrected chi connectivity index (χ2v) is 8.37. The molecule has 0 aliphatic heterocycles. The molecule has 0 aliphatic carbocycles. The molecule has 0 saturated heterocycles. The van der Waals surface area contributed by atoms with Gasteiger partial charge in [-0.25, -0.2) is 17.9 Å². The van der Waals surface area contributed by atoms with Crippen molar-refractivity contribution in [2.45, 2.75) is 24.8 Å². The van der Waals surface area contributed by atoms with Crippen LogP contribution in [0, 0.1) is 6.92 Å². The summed E-state index contributed by atoms with van der Waals surface area (Å²) in [6.07, 6.45) is 0.